The third kappa shape index (κ3) is 27.5. The number of hydrogen-bond acceptors (Lipinski definition) is 14. The summed E-state index contributed by atoms with van der Waals surface area (Å²) in [7, 11) is 0. The number of nitrogens with zero attached hydrogens (tertiary/aromatic N) is 2. The fraction of sp³-hybridized carbons (Fsp3) is 0.744. The van der Waals surface area contributed by atoms with Gasteiger partial charge < -0.3 is 38.0 Å². The number of ether oxygens (including phenoxy) is 7. The number of imide groups is 1. The number of hydroxylamine groups is 2. The second-order valence-corrected chi connectivity index (χ2v) is 12.6. The lowest BCUT2D eigenvalue weighted by molar-refractivity contribution is -0.198. The van der Waals surface area contributed by atoms with Gasteiger partial charge in [0.25, 0.3) is 11.8 Å². The summed E-state index contributed by atoms with van der Waals surface area (Å²) in [6, 6.07) is 0. The highest BCUT2D eigenvalue weighted by Crippen LogP contribution is 2.22. The van der Waals surface area contributed by atoms with Gasteiger partial charge in [-0.25, -0.2) is 4.79 Å². The van der Waals surface area contributed by atoms with Crippen LogP contribution in [0.2, 0.25) is 0 Å². The summed E-state index contributed by atoms with van der Waals surface area (Å²) in [5.74, 6) is -1.78. The van der Waals surface area contributed by atoms with E-state index in [1.807, 2.05) is 24.3 Å². The minimum absolute atomic E-state index is 0.00763. The van der Waals surface area contributed by atoms with Crippen molar-refractivity contribution in [2.24, 2.45) is 10.4 Å². The van der Waals surface area contributed by atoms with E-state index in [1.54, 1.807) is 0 Å². The number of nitrogens with one attached hydrogen (secondary N) is 2. The van der Waals surface area contributed by atoms with Crippen molar-refractivity contribution < 1.29 is 52.4 Å². The molecule has 1 fully saturated rings. The molecule has 0 aromatic rings. The molecule has 54 heavy (non-hydrogen) atoms. The van der Waals surface area contributed by atoms with Crippen LogP contribution in [0, 0.1) is 5.41 Å². The lowest BCUT2D eigenvalue weighted by Gasteiger charge is -2.33. The van der Waals surface area contributed by atoms with E-state index in [4.69, 9.17) is 38.0 Å². The summed E-state index contributed by atoms with van der Waals surface area (Å²) in [6.45, 7) is 13.3. The zero-order valence-corrected chi connectivity index (χ0v) is 33.1. The van der Waals surface area contributed by atoms with Crippen LogP contribution < -0.4 is 10.6 Å². The van der Waals surface area contributed by atoms with Gasteiger partial charge >= 0.3 is 5.97 Å². The van der Waals surface area contributed by atoms with Gasteiger partial charge in [0.15, 0.2) is 6.40 Å². The molecule has 15 heteroatoms. The van der Waals surface area contributed by atoms with Crippen LogP contribution in [0.3, 0.4) is 0 Å². The summed E-state index contributed by atoms with van der Waals surface area (Å²) in [4.78, 5) is 45.3. The van der Waals surface area contributed by atoms with Crippen LogP contribution in [0.4, 0.5) is 0 Å². The maximum Gasteiger partial charge on any atom is 0.335 e. The number of aliphatic imine (C=N–C) groups is 1. The standard InChI is InChI=1S/C39H68N4O11/c1-4-7-10-22-51-33-40-19-13-25-47-29-39(30-48-26-14-20-41-34-52-23-11-8-5-2,31-49-27-15-21-42-35-53-24-12-9-6-3)32-50-28-18-38(46)54-43-36(44)16-17-37(43)45/h7-12,33,41-42H,4-6,13-32,34-35H2,1-3H3/b10-7?,11-8?,12-9?,40-33+. The fourth-order valence-electron chi connectivity index (χ4n) is 4.67. The summed E-state index contributed by atoms with van der Waals surface area (Å²) < 4.78 is 40.9. The predicted octanol–water partition coefficient (Wildman–Crippen LogP) is 4.28. The lowest BCUT2D eigenvalue weighted by Crippen LogP contribution is -2.42. The number of allylic oxidation sites excluding steroid dienone is 3. The Morgan fingerprint density at radius 1 is 0.667 bits per heavy atom. The molecule has 310 valence electrons. The number of carbonyl (C=O) groups is 3. The smallest absolute Gasteiger partial charge is 0.335 e. The van der Waals surface area contributed by atoms with E-state index < -0.39 is 23.2 Å². The van der Waals surface area contributed by atoms with Gasteiger partial charge in [0.1, 0.15) is 6.61 Å². The zero-order valence-electron chi connectivity index (χ0n) is 33.1. The number of hydrogen-bond donors (Lipinski definition) is 2. The van der Waals surface area contributed by atoms with E-state index in [2.05, 4.69) is 48.5 Å². The van der Waals surface area contributed by atoms with Crippen molar-refractivity contribution in [3.8, 4) is 0 Å². The minimum atomic E-state index is -0.727. The average Bonchev–Trinajstić information content (AvgIpc) is 3.48. The van der Waals surface area contributed by atoms with E-state index in [-0.39, 0.29) is 39.1 Å². The highest BCUT2D eigenvalue weighted by Gasteiger charge is 2.34. The third-order valence-corrected chi connectivity index (χ3v) is 7.53. The SMILES string of the molecule is CCC=CCO/C=N/CCCOCC(COCCCNCOCC=CCC)(COCCCNCOCC=CCC)COCCC(=O)ON1C(=O)CCC1=O. The third-order valence-electron chi connectivity index (χ3n) is 7.53. The molecule has 0 unspecified atom stereocenters. The predicted molar refractivity (Wildman–Crippen MR) is 207 cm³/mol. The van der Waals surface area contributed by atoms with Crippen molar-refractivity contribution >= 4 is 24.2 Å². The molecule has 15 nitrogen and oxygen atoms in total. The number of carbonyl (C=O) groups excluding carboxylic acids is 3. The van der Waals surface area contributed by atoms with Crippen LogP contribution in [0.1, 0.15) is 78.6 Å². The van der Waals surface area contributed by atoms with Crippen LogP contribution in [0.25, 0.3) is 0 Å². The lowest BCUT2D eigenvalue weighted by atomic mass is 9.92. The molecule has 1 rings (SSSR count). The summed E-state index contributed by atoms with van der Waals surface area (Å²) >= 11 is 0. The molecular weight excluding hydrogens is 700 g/mol. The first-order valence-corrected chi connectivity index (χ1v) is 19.5. The Morgan fingerprint density at radius 3 is 1.67 bits per heavy atom. The van der Waals surface area contributed by atoms with E-state index >= 15 is 0 Å². The molecule has 0 saturated carbocycles. The molecule has 1 aliphatic heterocycles. The molecule has 1 saturated heterocycles. The van der Waals surface area contributed by atoms with E-state index in [0.717, 1.165) is 45.2 Å². The number of amides is 2. The molecule has 0 radical (unpaired) electrons. The molecule has 0 aromatic carbocycles. The Morgan fingerprint density at radius 2 is 1.15 bits per heavy atom. The maximum atomic E-state index is 12.4. The second kappa shape index (κ2) is 35.7. The van der Waals surface area contributed by atoms with Crippen molar-refractivity contribution in [1.82, 2.24) is 15.7 Å². The van der Waals surface area contributed by atoms with E-state index in [1.165, 1.54) is 6.40 Å². The minimum Gasteiger partial charge on any atom is -0.479 e. The monoisotopic (exact) mass is 768 g/mol. The summed E-state index contributed by atoms with van der Waals surface area (Å²) in [6.07, 6.45) is 18.7. The Bertz CT molecular complexity index is 1020. The Labute approximate surface area is 323 Å². The fourth-order valence-corrected chi connectivity index (χ4v) is 4.67. The van der Waals surface area contributed by atoms with Gasteiger partial charge in [0, 0.05) is 39.2 Å². The molecule has 1 heterocycles. The molecular formula is C39H68N4O11. The topological polar surface area (TPSA) is 165 Å². The van der Waals surface area contributed by atoms with Crippen molar-refractivity contribution in [2.45, 2.75) is 78.6 Å². The number of rotatable bonds is 38. The molecule has 0 aromatic heterocycles. The van der Waals surface area contributed by atoms with Gasteiger partial charge in [-0.3, -0.25) is 25.2 Å². The molecule has 2 N–H and O–H groups in total. The van der Waals surface area contributed by atoms with Crippen LogP contribution in [-0.2, 0) is 52.4 Å². The van der Waals surface area contributed by atoms with Crippen molar-refractivity contribution in [3.63, 3.8) is 0 Å². The van der Waals surface area contributed by atoms with E-state index in [9.17, 15) is 14.4 Å². The van der Waals surface area contributed by atoms with Crippen LogP contribution in [0.5, 0.6) is 0 Å². The van der Waals surface area contributed by atoms with Gasteiger partial charge in [-0.2, -0.15) is 0 Å². The highest BCUT2D eigenvalue weighted by molar-refractivity contribution is 6.01. The summed E-state index contributed by atoms with van der Waals surface area (Å²) in [5.41, 5.74) is -0.687. The Balaban J connectivity index is 2.73. The highest BCUT2D eigenvalue weighted by atomic mass is 16.7. The zero-order chi connectivity index (χ0) is 39.2. The Kier molecular flexibility index (Phi) is 32.4. The molecule has 0 aliphatic carbocycles. The first kappa shape index (κ1) is 49.0. The molecule has 2 amide bonds. The van der Waals surface area contributed by atoms with Crippen LogP contribution >= 0.6 is 0 Å². The van der Waals surface area contributed by atoms with Gasteiger partial charge in [-0.05, 0) is 51.6 Å². The Hall–Kier alpha value is -3.02. The maximum absolute atomic E-state index is 12.4. The summed E-state index contributed by atoms with van der Waals surface area (Å²) in [5, 5.41) is 7.04. The first-order chi connectivity index (χ1) is 26.5. The molecule has 1 aliphatic rings. The van der Waals surface area contributed by atoms with Crippen molar-refractivity contribution in [1.29, 1.82) is 0 Å². The van der Waals surface area contributed by atoms with Crippen LogP contribution in [-0.4, -0.2) is 135 Å². The average molecular weight is 769 g/mol. The molecule has 0 spiro atoms. The van der Waals surface area contributed by atoms with Gasteiger partial charge in [-0.1, -0.05) is 57.2 Å². The second-order valence-electron chi connectivity index (χ2n) is 12.6. The quantitative estimate of drug-likeness (QED) is 0.0229. The van der Waals surface area contributed by atoms with Crippen molar-refractivity contribution in [2.75, 3.05) is 106 Å². The first-order valence-electron chi connectivity index (χ1n) is 19.5. The van der Waals surface area contributed by atoms with Gasteiger partial charge in [0.05, 0.1) is 71.5 Å². The normalized spacial score (nSPS) is 14.8. The van der Waals surface area contributed by atoms with Crippen molar-refractivity contribution in [3.05, 3.63) is 36.5 Å². The van der Waals surface area contributed by atoms with Gasteiger partial charge in [0.2, 0.25) is 0 Å². The molecule has 0 bridgehead atoms. The molecule has 0 atom stereocenters. The van der Waals surface area contributed by atoms with Crippen LogP contribution in [0.15, 0.2) is 41.4 Å². The largest absolute Gasteiger partial charge is 0.479 e. The van der Waals surface area contributed by atoms with E-state index in [0.29, 0.717) is 84.3 Å². The van der Waals surface area contributed by atoms with Gasteiger partial charge in [-0.15, -0.1) is 5.06 Å².